The summed E-state index contributed by atoms with van der Waals surface area (Å²) in [5.74, 6) is -5.15. The molecule has 45 heavy (non-hydrogen) atoms. The van der Waals surface area contributed by atoms with Crippen LogP contribution in [0.4, 0.5) is 11.6 Å². The lowest BCUT2D eigenvalue weighted by molar-refractivity contribution is -0.145. The van der Waals surface area contributed by atoms with Gasteiger partial charge < -0.3 is 50.0 Å². The average Bonchev–Trinajstić information content (AvgIpc) is 3.03. The molecule has 1 aliphatic heterocycles. The van der Waals surface area contributed by atoms with E-state index in [1.807, 2.05) is 4.90 Å². The largest absolute Gasteiger partial charge is 0.481 e. The Hall–Kier alpha value is -4.87. The second-order valence-electron chi connectivity index (χ2n) is 9.76. The second kappa shape index (κ2) is 16.8. The van der Waals surface area contributed by atoms with Crippen LogP contribution in [-0.4, -0.2) is 134 Å². The van der Waals surface area contributed by atoms with Crippen molar-refractivity contribution in [1.82, 2.24) is 20.6 Å². The summed E-state index contributed by atoms with van der Waals surface area (Å²) in [6, 6.07) is 4.35. The fourth-order valence-electron chi connectivity index (χ4n) is 4.34. The van der Waals surface area contributed by atoms with Gasteiger partial charge in [0.2, 0.25) is 0 Å². The molecule has 0 radical (unpaired) electrons. The number of carbonyl (C=O) groups excluding carboxylic acids is 2. The highest BCUT2D eigenvalue weighted by Gasteiger charge is 2.28. The third-order valence-electron chi connectivity index (χ3n) is 6.62. The summed E-state index contributed by atoms with van der Waals surface area (Å²) in [6.07, 6.45) is -0.798. The number of nitrogens with one attached hydrogen (secondary N) is 2. The molecule has 1 atom stereocenters. The number of morpholine rings is 1. The first-order chi connectivity index (χ1) is 21.5. The highest BCUT2D eigenvalue weighted by molar-refractivity contribution is 6.00. The van der Waals surface area contributed by atoms with E-state index in [2.05, 4.69) is 10.6 Å². The van der Waals surface area contributed by atoms with Crippen LogP contribution in [0, 0.1) is 0 Å². The number of carbonyl (C=O) groups is 5. The van der Waals surface area contributed by atoms with E-state index in [1.165, 1.54) is 26.4 Å². The number of anilines is 2. The van der Waals surface area contributed by atoms with Crippen LogP contribution in [0.15, 0.2) is 24.3 Å². The van der Waals surface area contributed by atoms with Crippen molar-refractivity contribution in [3.8, 4) is 11.3 Å². The Labute approximate surface area is 258 Å². The molecule has 1 fully saturated rings. The van der Waals surface area contributed by atoms with Crippen molar-refractivity contribution < 1.29 is 53.5 Å². The van der Waals surface area contributed by atoms with Crippen molar-refractivity contribution in [3.05, 3.63) is 35.5 Å². The van der Waals surface area contributed by atoms with E-state index in [-0.39, 0.29) is 36.1 Å². The molecule has 0 aliphatic carbocycles. The first-order valence-electron chi connectivity index (χ1n) is 13.9. The van der Waals surface area contributed by atoms with Gasteiger partial charge in [0.1, 0.15) is 18.3 Å². The predicted molar refractivity (Wildman–Crippen MR) is 158 cm³/mol. The first kappa shape index (κ1) is 34.6. The van der Waals surface area contributed by atoms with Gasteiger partial charge in [-0.3, -0.25) is 19.2 Å². The van der Waals surface area contributed by atoms with Gasteiger partial charge in [-0.15, -0.1) is 0 Å². The van der Waals surface area contributed by atoms with Gasteiger partial charge in [-0.25, -0.2) is 14.8 Å². The molecule has 1 saturated heterocycles. The highest BCUT2D eigenvalue weighted by Crippen LogP contribution is 2.32. The lowest BCUT2D eigenvalue weighted by Crippen LogP contribution is -2.42. The lowest BCUT2D eigenvalue weighted by Gasteiger charge is -2.31. The molecule has 0 spiro atoms. The van der Waals surface area contributed by atoms with Gasteiger partial charge in [0.15, 0.2) is 17.3 Å². The fraction of sp³-hybridized carbons (Fsp3) is 0.464. The van der Waals surface area contributed by atoms with Crippen LogP contribution in [0.5, 0.6) is 0 Å². The average molecular weight is 633 g/mol. The van der Waals surface area contributed by atoms with Crippen LogP contribution >= 0.6 is 0 Å². The first-order valence-corrected chi connectivity index (χ1v) is 13.9. The number of methoxy groups -OCH3 is 2. The van der Waals surface area contributed by atoms with Gasteiger partial charge in [0, 0.05) is 51.5 Å². The Morgan fingerprint density at radius 1 is 0.933 bits per heavy atom. The summed E-state index contributed by atoms with van der Waals surface area (Å²) in [6.45, 7) is 2.12. The van der Waals surface area contributed by atoms with Gasteiger partial charge in [0.05, 0.1) is 32.8 Å². The van der Waals surface area contributed by atoms with E-state index in [4.69, 9.17) is 34.4 Å². The maximum absolute atomic E-state index is 13.3. The molecule has 2 heterocycles. The van der Waals surface area contributed by atoms with Crippen LogP contribution in [0.2, 0.25) is 0 Å². The highest BCUT2D eigenvalue weighted by atomic mass is 16.5. The molecule has 1 unspecified atom stereocenters. The summed E-state index contributed by atoms with van der Waals surface area (Å²) in [5.41, 5.74) is 0.797. The number of carboxylic acids is 3. The number of hydrogen-bond acceptors (Lipinski definition) is 12. The molecule has 2 aromatic rings. The van der Waals surface area contributed by atoms with Crippen LogP contribution in [0.3, 0.4) is 0 Å². The minimum atomic E-state index is -1.63. The van der Waals surface area contributed by atoms with Crippen molar-refractivity contribution in [2.45, 2.75) is 12.5 Å². The zero-order valence-electron chi connectivity index (χ0n) is 24.9. The lowest BCUT2D eigenvalue weighted by atomic mass is 10.1. The Bertz CT molecular complexity index is 1360. The van der Waals surface area contributed by atoms with Crippen LogP contribution in [0.25, 0.3) is 11.3 Å². The van der Waals surface area contributed by atoms with E-state index >= 15 is 0 Å². The molecule has 0 bridgehead atoms. The van der Waals surface area contributed by atoms with E-state index in [0.29, 0.717) is 50.7 Å². The maximum Gasteiger partial charge on any atom is 0.326 e. The molecular formula is C28H36N6O11. The summed E-state index contributed by atoms with van der Waals surface area (Å²) in [4.78, 5) is 72.8. The van der Waals surface area contributed by atoms with Gasteiger partial charge in [-0.2, -0.15) is 0 Å². The minimum absolute atomic E-state index is 0.0681. The normalized spacial score (nSPS) is 13.5. The minimum Gasteiger partial charge on any atom is -0.481 e. The molecule has 3 rings (SSSR count). The number of ether oxygens (including phenoxy) is 3. The summed E-state index contributed by atoms with van der Waals surface area (Å²) >= 11 is 0. The SMILES string of the molecule is COCCN(CCOC)c1nc(C(=O)NCC(=O)O)c(N2CCOCC2)nc1-c1ccc(C(=O)NC(CC(=O)O)C(=O)O)cc1. The number of rotatable bonds is 17. The molecular weight excluding hydrogens is 596 g/mol. The summed E-state index contributed by atoms with van der Waals surface area (Å²) < 4.78 is 16.0. The number of amides is 2. The molecule has 0 saturated carbocycles. The van der Waals surface area contributed by atoms with Crippen molar-refractivity contribution in [2.75, 3.05) is 83.2 Å². The standard InChI is InChI=1S/C28H36N6O11/c1-43-11-7-33(8-12-44-2)24-22(17-3-5-18(6-4-17)26(39)30-19(28(41)42)15-20(35)36)31-25(34-9-13-45-14-10-34)23(32-24)27(40)29-16-21(37)38/h3-6,19H,7-16H2,1-2H3,(H,29,40)(H,30,39)(H,35,36)(H,37,38)(H,41,42). The molecule has 1 aromatic carbocycles. The number of carboxylic acid groups (broad SMARTS) is 3. The van der Waals surface area contributed by atoms with Crippen molar-refractivity contribution in [2.24, 2.45) is 0 Å². The van der Waals surface area contributed by atoms with Gasteiger partial charge in [-0.1, -0.05) is 12.1 Å². The molecule has 17 nitrogen and oxygen atoms in total. The number of nitrogens with zero attached hydrogens (tertiary/aromatic N) is 4. The molecule has 1 aromatic heterocycles. The third-order valence-corrected chi connectivity index (χ3v) is 6.62. The molecule has 1 aliphatic rings. The van der Waals surface area contributed by atoms with Gasteiger partial charge in [-0.05, 0) is 12.1 Å². The molecule has 2 amide bonds. The Morgan fingerprint density at radius 3 is 2.09 bits per heavy atom. The quantitative estimate of drug-likeness (QED) is 0.149. The number of hydrogen-bond donors (Lipinski definition) is 5. The third kappa shape index (κ3) is 9.82. The maximum atomic E-state index is 13.3. The smallest absolute Gasteiger partial charge is 0.326 e. The number of aliphatic carboxylic acids is 3. The predicted octanol–water partition coefficient (Wildman–Crippen LogP) is -0.448. The van der Waals surface area contributed by atoms with Crippen LogP contribution in [0.1, 0.15) is 27.3 Å². The van der Waals surface area contributed by atoms with Crippen LogP contribution in [-0.2, 0) is 28.6 Å². The van der Waals surface area contributed by atoms with Crippen LogP contribution < -0.4 is 20.4 Å². The monoisotopic (exact) mass is 632 g/mol. The van der Waals surface area contributed by atoms with Crippen molar-refractivity contribution in [3.63, 3.8) is 0 Å². The Kier molecular flexibility index (Phi) is 13.0. The summed E-state index contributed by atoms with van der Waals surface area (Å²) in [7, 11) is 3.06. The van der Waals surface area contributed by atoms with E-state index in [1.54, 1.807) is 17.0 Å². The van der Waals surface area contributed by atoms with E-state index in [9.17, 15) is 29.1 Å². The van der Waals surface area contributed by atoms with Crippen molar-refractivity contribution >= 4 is 41.4 Å². The Morgan fingerprint density at radius 2 is 1.56 bits per heavy atom. The number of aromatic nitrogens is 2. The van der Waals surface area contributed by atoms with Crippen molar-refractivity contribution in [1.29, 1.82) is 0 Å². The molecule has 5 N–H and O–H groups in total. The zero-order chi connectivity index (χ0) is 32.9. The van der Waals surface area contributed by atoms with E-state index in [0.717, 1.165) is 0 Å². The van der Waals surface area contributed by atoms with Gasteiger partial charge >= 0.3 is 17.9 Å². The van der Waals surface area contributed by atoms with Gasteiger partial charge in [0.25, 0.3) is 11.8 Å². The molecule has 244 valence electrons. The molecule has 17 heteroatoms. The number of benzene rings is 1. The second-order valence-corrected chi connectivity index (χ2v) is 9.76. The topological polar surface area (TPSA) is 230 Å². The fourth-order valence-corrected chi connectivity index (χ4v) is 4.34. The van der Waals surface area contributed by atoms with E-state index < -0.39 is 48.7 Å². The zero-order valence-corrected chi connectivity index (χ0v) is 24.9. The Balaban J connectivity index is 2.12. The summed E-state index contributed by atoms with van der Waals surface area (Å²) in [5, 5.41) is 32.0.